The summed E-state index contributed by atoms with van der Waals surface area (Å²) in [6.07, 6.45) is -5.04. The van der Waals surface area contributed by atoms with Crippen molar-refractivity contribution in [2.24, 2.45) is 0 Å². The summed E-state index contributed by atoms with van der Waals surface area (Å²) >= 11 is 0. The summed E-state index contributed by atoms with van der Waals surface area (Å²) in [6.45, 7) is 4.89. The molecule has 0 aliphatic rings. The van der Waals surface area contributed by atoms with Gasteiger partial charge in [-0.1, -0.05) is 49.3 Å². The molecule has 2 atom stereocenters. The van der Waals surface area contributed by atoms with Gasteiger partial charge in [0.1, 0.15) is 0 Å². The molecule has 2 unspecified atom stereocenters. The predicted octanol–water partition coefficient (Wildman–Crippen LogP) is 1.14. The molecule has 0 spiro atoms. The molecule has 0 bridgehead atoms. The van der Waals surface area contributed by atoms with Crippen LogP contribution in [0.1, 0.15) is 66.2 Å². The van der Waals surface area contributed by atoms with Gasteiger partial charge < -0.3 is 18.9 Å². The highest BCUT2D eigenvalue weighted by Gasteiger charge is 2.61. The van der Waals surface area contributed by atoms with Gasteiger partial charge in [0.05, 0.1) is 12.8 Å². The van der Waals surface area contributed by atoms with Crippen molar-refractivity contribution in [1.82, 2.24) is 0 Å². The Morgan fingerprint density at radius 3 is 1.02 bits per heavy atom. The van der Waals surface area contributed by atoms with Crippen LogP contribution in [-0.4, -0.2) is 81.7 Å². The first-order chi connectivity index (χ1) is 19.2. The van der Waals surface area contributed by atoms with Crippen LogP contribution in [0.25, 0.3) is 0 Å². The van der Waals surface area contributed by atoms with E-state index in [1.807, 2.05) is 0 Å². The highest BCUT2D eigenvalue weighted by Crippen LogP contribution is 2.52. The highest BCUT2D eigenvalue weighted by atomic mass is 33.1. The first-order valence-electron chi connectivity index (χ1n) is 11.5. The average molecular weight is 681 g/mol. The standard InChI is InChI=1S/C20H28N2O16S4/c1-5-13(23)35-11(21)9-19(41(29,30)31,17(27)37-15(25)7-3)39-40-20(42(32,33)34,18(28)38-16(26)8-4)10-12(22)36-14(24)6-2/h21-22H,5-10H2,1-4H3,(H,29,30,31)(H,32,33,34). The Morgan fingerprint density at radius 2 is 0.810 bits per heavy atom. The molecular weight excluding hydrogens is 652 g/mol. The van der Waals surface area contributed by atoms with Crippen molar-refractivity contribution >= 4 is 89.4 Å². The predicted molar refractivity (Wildman–Crippen MR) is 144 cm³/mol. The molecule has 4 N–H and O–H groups in total. The highest BCUT2D eigenvalue weighted by molar-refractivity contribution is 8.80. The third-order valence-electron chi connectivity index (χ3n) is 4.59. The van der Waals surface area contributed by atoms with Gasteiger partial charge in [0.15, 0.2) is 11.8 Å². The number of ether oxygens (including phenoxy) is 4. The zero-order chi connectivity index (χ0) is 33.1. The van der Waals surface area contributed by atoms with E-state index in [-0.39, 0.29) is 12.8 Å². The molecule has 0 aliphatic heterocycles. The molecule has 0 rings (SSSR count). The summed E-state index contributed by atoms with van der Waals surface area (Å²) in [5, 5.41) is 15.6. The lowest BCUT2D eigenvalue weighted by Gasteiger charge is -2.31. The number of hydrogen-bond donors (Lipinski definition) is 4. The van der Waals surface area contributed by atoms with Crippen molar-refractivity contribution in [3.63, 3.8) is 0 Å². The number of carbonyl (C=O) groups excluding carboxylic acids is 6. The molecule has 0 fully saturated rings. The second kappa shape index (κ2) is 16.1. The molecule has 18 nitrogen and oxygen atoms in total. The van der Waals surface area contributed by atoms with Gasteiger partial charge in [-0.15, -0.1) is 0 Å². The Hall–Kier alpha value is -2.92. The minimum Gasteiger partial charge on any atom is -0.412 e. The van der Waals surface area contributed by atoms with E-state index in [9.17, 15) is 54.7 Å². The van der Waals surface area contributed by atoms with Gasteiger partial charge in [-0.05, 0) is 0 Å². The third-order valence-corrected chi connectivity index (χ3v) is 12.5. The van der Waals surface area contributed by atoms with Crippen molar-refractivity contribution in [2.75, 3.05) is 0 Å². The number of carbonyl (C=O) groups is 6. The van der Waals surface area contributed by atoms with Crippen LogP contribution in [0.3, 0.4) is 0 Å². The molecule has 0 aromatic heterocycles. The quantitative estimate of drug-likeness (QED) is 0.0358. The summed E-state index contributed by atoms with van der Waals surface area (Å²) in [7, 11) is -13.1. The summed E-state index contributed by atoms with van der Waals surface area (Å²) < 4.78 is 81.0. The monoisotopic (exact) mass is 680 g/mol. The van der Waals surface area contributed by atoms with Gasteiger partial charge in [-0.3, -0.25) is 39.1 Å². The fourth-order valence-electron chi connectivity index (χ4n) is 2.31. The van der Waals surface area contributed by atoms with E-state index in [4.69, 9.17) is 10.8 Å². The van der Waals surface area contributed by atoms with Crippen molar-refractivity contribution in [1.29, 1.82) is 10.8 Å². The van der Waals surface area contributed by atoms with Crippen LogP contribution in [-0.2, 0) is 68.0 Å². The second-order valence-corrected chi connectivity index (χ2v) is 14.2. The Balaban J connectivity index is 7.29. The molecular formula is C20H28N2O16S4. The maximum atomic E-state index is 13.0. The first kappa shape index (κ1) is 39.1. The Bertz CT molecular complexity index is 1240. The SMILES string of the molecule is CCC(=O)OC(=N)CC(SSC(CC(=N)OC(=O)CC)(C(=O)OC(=O)CC)S(=O)(=O)O)(C(=O)OC(=O)CC)S(=O)(=O)O. The molecule has 0 radical (unpaired) electrons. The lowest BCUT2D eigenvalue weighted by molar-refractivity contribution is -0.161. The van der Waals surface area contributed by atoms with Crippen LogP contribution < -0.4 is 0 Å². The summed E-state index contributed by atoms with van der Waals surface area (Å²) in [4.78, 5) is 72.9. The molecule has 0 aliphatic carbocycles. The van der Waals surface area contributed by atoms with Crippen LogP contribution in [0.4, 0.5) is 0 Å². The van der Waals surface area contributed by atoms with Gasteiger partial charge in [0.25, 0.3) is 28.4 Å². The normalized spacial score (nSPS) is 14.3. The van der Waals surface area contributed by atoms with Gasteiger partial charge >= 0.3 is 35.8 Å². The lowest BCUT2D eigenvalue weighted by Crippen LogP contribution is -2.50. The molecule has 0 saturated carbocycles. The zero-order valence-electron chi connectivity index (χ0n) is 22.5. The van der Waals surface area contributed by atoms with Crippen LogP contribution in [0, 0.1) is 10.8 Å². The Morgan fingerprint density at radius 1 is 0.571 bits per heavy atom. The van der Waals surface area contributed by atoms with Crippen LogP contribution in [0.15, 0.2) is 0 Å². The number of hydrogen-bond acceptors (Lipinski definition) is 18. The van der Waals surface area contributed by atoms with E-state index in [1.165, 1.54) is 27.7 Å². The molecule has 0 aromatic rings. The van der Waals surface area contributed by atoms with Gasteiger partial charge in [0.2, 0.25) is 0 Å². The van der Waals surface area contributed by atoms with E-state index < -0.39 is 123 Å². The number of rotatable bonds is 15. The smallest absolute Gasteiger partial charge is 0.349 e. The zero-order valence-corrected chi connectivity index (χ0v) is 25.8. The van der Waals surface area contributed by atoms with Gasteiger partial charge in [-0.2, -0.15) is 16.8 Å². The molecule has 0 saturated heterocycles. The average Bonchev–Trinajstić information content (AvgIpc) is 2.87. The van der Waals surface area contributed by atoms with Gasteiger partial charge in [-0.25, -0.2) is 9.59 Å². The maximum Gasteiger partial charge on any atom is 0.349 e. The molecule has 22 heteroatoms. The molecule has 0 amide bonds. The summed E-state index contributed by atoms with van der Waals surface area (Å²) in [5.41, 5.74) is 0. The summed E-state index contributed by atoms with van der Waals surface area (Å²) in [5.74, 6) is -11.9. The first-order valence-corrected chi connectivity index (χ1v) is 16.6. The number of nitrogens with one attached hydrogen (secondary N) is 2. The van der Waals surface area contributed by atoms with E-state index in [1.54, 1.807) is 0 Å². The Labute approximate surface area is 247 Å². The minimum atomic E-state index is -5.94. The van der Waals surface area contributed by atoms with Crippen molar-refractivity contribution in [3.05, 3.63) is 0 Å². The lowest BCUT2D eigenvalue weighted by atomic mass is 10.3. The molecule has 42 heavy (non-hydrogen) atoms. The van der Waals surface area contributed by atoms with Crippen molar-refractivity contribution < 1.29 is 73.7 Å². The van der Waals surface area contributed by atoms with Crippen LogP contribution >= 0.6 is 21.6 Å². The van der Waals surface area contributed by atoms with E-state index in [2.05, 4.69) is 18.9 Å². The largest absolute Gasteiger partial charge is 0.412 e. The van der Waals surface area contributed by atoms with E-state index >= 15 is 0 Å². The minimum absolute atomic E-state index is 0.357. The maximum absolute atomic E-state index is 13.0. The second-order valence-electron chi connectivity index (χ2n) is 7.71. The topological polar surface area (TPSA) is 296 Å². The Kier molecular flexibility index (Phi) is 15.0. The fraction of sp³-hybridized carbons (Fsp3) is 0.600. The molecule has 238 valence electrons. The van der Waals surface area contributed by atoms with Crippen LogP contribution in [0.2, 0.25) is 0 Å². The fourth-order valence-corrected chi connectivity index (χ4v) is 8.72. The third kappa shape index (κ3) is 10.4. The van der Waals surface area contributed by atoms with Crippen molar-refractivity contribution in [2.45, 2.75) is 74.4 Å². The van der Waals surface area contributed by atoms with E-state index in [0.29, 0.717) is 0 Å². The van der Waals surface area contributed by atoms with Crippen molar-refractivity contribution in [3.8, 4) is 0 Å². The van der Waals surface area contributed by atoms with Gasteiger partial charge in [0, 0.05) is 25.7 Å². The summed E-state index contributed by atoms with van der Waals surface area (Å²) in [6, 6.07) is 0. The number of esters is 6. The van der Waals surface area contributed by atoms with Crippen LogP contribution in [0.5, 0.6) is 0 Å². The molecule has 0 heterocycles. The van der Waals surface area contributed by atoms with E-state index in [0.717, 1.165) is 0 Å². The molecule has 0 aromatic carbocycles.